The van der Waals surface area contributed by atoms with E-state index in [1.54, 1.807) is 12.1 Å². The van der Waals surface area contributed by atoms with Crippen LogP contribution in [0.15, 0.2) is 41.0 Å². The molecule has 0 unspecified atom stereocenters. The number of rotatable bonds is 11. The number of carbonyl (C=O) groups excluding carboxylic acids is 1. The molecule has 3 aliphatic rings. The normalized spacial score (nSPS) is 23.1. The summed E-state index contributed by atoms with van der Waals surface area (Å²) < 4.78 is 44.8. The summed E-state index contributed by atoms with van der Waals surface area (Å²) in [6.07, 6.45) is 11.1. The molecule has 0 bridgehead atoms. The van der Waals surface area contributed by atoms with Gasteiger partial charge in [-0.15, -0.1) is 0 Å². The summed E-state index contributed by atoms with van der Waals surface area (Å²) in [6, 6.07) is 6.16. The molecule has 1 aromatic rings. The van der Waals surface area contributed by atoms with Crippen LogP contribution in [0.4, 0.5) is 0 Å². The standard InChI is InChI=1S/C28H42N2O7S/c1-35-24-10-12-25(13-11-24)38(33,34)30(16-18-31)17-19-36-27-21-23(22-8-7-9-22)20-26(37-27)28(32)29-14-5-3-2-4-6-15-29/h10-13,20,22-23,27,31H,2-9,14-19,21H2,1H3/t23-,27+/m1/s1. The maximum absolute atomic E-state index is 13.4. The average molecular weight is 551 g/mol. The van der Waals surface area contributed by atoms with Crippen LogP contribution < -0.4 is 4.74 Å². The Morgan fingerprint density at radius 2 is 1.74 bits per heavy atom. The van der Waals surface area contributed by atoms with E-state index in [9.17, 15) is 18.3 Å². The number of hydrogen-bond acceptors (Lipinski definition) is 7. The van der Waals surface area contributed by atoms with Crippen molar-refractivity contribution in [3.63, 3.8) is 0 Å². The molecule has 38 heavy (non-hydrogen) atoms. The van der Waals surface area contributed by atoms with E-state index in [1.165, 1.54) is 36.4 Å². The fraction of sp³-hybridized carbons (Fsp3) is 0.679. The number of carbonyl (C=O) groups is 1. The molecular weight excluding hydrogens is 508 g/mol. The Hall–Kier alpha value is -2.14. The van der Waals surface area contributed by atoms with E-state index in [1.807, 2.05) is 11.0 Å². The number of amides is 1. The average Bonchev–Trinajstić information content (AvgIpc) is 2.86. The first-order chi connectivity index (χ1) is 18.4. The first-order valence-corrected chi connectivity index (χ1v) is 15.4. The second-order valence-electron chi connectivity index (χ2n) is 10.4. The number of allylic oxidation sites excluding steroid dienone is 1. The van der Waals surface area contributed by atoms with E-state index in [4.69, 9.17) is 14.2 Å². The smallest absolute Gasteiger partial charge is 0.288 e. The van der Waals surface area contributed by atoms with Gasteiger partial charge in [-0.3, -0.25) is 4.79 Å². The molecule has 2 atom stereocenters. The molecule has 1 saturated heterocycles. The van der Waals surface area contributed by atoms with Crippen LogP contribution in [0.25, 0.3) is 0 Å². The largest absolute Gasteiger partial charge is 0.497 e. The van der Waals surface area contributed by atoms with Crippen molar-refractivity contribution < 1.29 is 32.5 Å². The summed E-state index contributed by atoms with van der Waals surface area (Å²) in [7, 11) is -2.31. The van der Waals surface area contributed by atoms with Gasteiger partial charge >= 0.3 is 0 Å². The molecule has 2 aliphatic heterocycles. The summed E-state index contributed by atoms with van der Waals surface area (Å²) in [6.45, 7) is 1.28. The molecule has 0 radical (unpaired) electrons. The number of benzene rings is 1. The third-order valence-corrected chi connectivity index (χ3v) is 9.80. The zero-order valence-electron chi connectivity index (χ0n) is 22.4. The molecule has 1 aromatic carbocycles. The summed E-state index contributed by atoms with van der Waals surface area (Å²) in [5, 5.41) is 9.52. The van der Waals surface area contributed by atoms with Gasteiger partial charge in [-0.25, -0.2) is 8.42 Å². The number of methoxy groups -OCH3 is 1. The molecule has 1 saturated carbocycles. The predicted octanol–water partition coefficient (Wildman–Crippen LogP) is 3.53. The second-order valence-corrected chi connectivity index (χ2v) is 12.3. The third kappa shape index (κ3) is 7.28. The lowest BCUT2D eigenvalue weighted by Gasteiger charge is -2.38. The number of likely N-dealkylation sites (tertiary alicyclic amines) is 1. The fourth-order valence-corrected chi connectivity index (χ4v) is 6.80. The van der Waals surface area contributed by atoms with Crippen molar-refractivity contribution in [1.29, 1.82) is 0 Å². The van der Waals surface area contributed by atoms with Crippen LogP contribution in [0, 0.1) is 11.8 Å². The molecule has 0 aromatic heterocycles. The molecule has 1 aliphatic carbocycles. The van der Waals surface area contributed by atoms with Gasteiger partial charge in [-0.05, 0) is 67.9 Å². The molecule has 0 spiro atoms. The van der Waals surface area contributed by atoms with Gasteiger partial charge in [0.05, 0.1) is 25.2 Å². The van der Waals surface area contributed by atoms with E-state index in [0.29, 0.717) is 23.8 Å². The van der Waals surface area contributed by atoms with Crippen LogP contribution in [0.5, 0.6) is 5.75 Å². The lowest BCUT2D eigenvalue weighted by atomic mass is 9.73. The highest BCUT2D eigenvalue weighted by Gasteiger charge is 2.36. The number of hydrogen-bond donors (Lipinski definition) is 1. The van der Waals surface area contributed by atoms with Crippen LogP contribution in [0.1, 0.15) is 57.8 Å². The van der Waals surface area contributed by atoms with Gasteiger partial charge in [0.25, 0.3) is 5.91 Å². The molecule has 1 N–H and O–H groups in total. The van der Waals surface area contributed by atoms with Gasteiger partial charge in [0, 0.05) is 32.6 Å². The molecule has 212 valence electrons. The Morgan fingerprint density at radius 1 is 1.05 bits per heavy atom. The van der Waals surface area contributed by atoms with Crippen molar-refractivity contribution in [2.24, 2.45) is 11.8 Å². The van der Waals surface area contributed by atoms with E-state index in [2.05, 4.69) is 0 Å². The first-order valence-electron chi connectivity index (χ1n) is 14.0. The van der Waals surface area contributed by atoms with Gasteiger partial charge in [-0.1, -0.05) is 25.7 Å². The fourth-order valence-electron chi connectivity index (χ4n) is 5.39. The molecular formula is C28H42N2O7S. The highest BCUT2D eigenvalue weighted by Crippen LogP contribution is 2.40. The highest BCUT2D eigenvalue weighted by molar-refractivity contribution is 7.89. The van der Waals surface area contributed by atoms with Crippen LogP contribution >= 0.6 is 0 Å². The topological polar surface area (TPSA) is 106 Å². The molecule has 9 nitrogen and oxygen atoms in total. The number of ether oxygens (including phenoxy) is 3. The zero-order valence-corrected chi connectivity index (χ0v) is 23.2. The zero-order chi connectivity index (χ0) is 27.0. The maximum atomic E-state index is 13.4. The number of nitrogens with zero attached hydrogens (tertiary/aromatic N) is 2. The minimum atomic E-state index is -3.83. The Kier molecular flexibility index (Phi) is 10.5. The van der Waals surface area contributed by atoms with Crippen LogP contribution in [0.3, 0.4) is 0 Å². The van der Waals surface area contributed by atoms with E-state index < -0.39 is 16.3 Å². The first kappa shape index (κ1) is 28.9. The van der Waals surface area contributed by atoms with Crippen molar-refractivity contribution in [3.8, 4) is 5.75 Å². The van der Waals surface area contributed by atoms with E-state index >= 15 is 0 Å². The number of aliphatic hydroxyl groups excluding tert-OH is 1. The summed E-state index contributed by atoms with van der Waals surface area (Å²) >= 11 is 0. The van der Waals surface area contributed by atoms with Crippen molar-refractivity contribution in [1.82, 2.24) is 9.21 Å². The maximum Gasteiger partial charge on any atom is 0.288 e. The second kappa shape index (κ2) is 13.8. The third-order valence-electron chi connectivity index (χ3n) is 7.89. The van der Waals surface area contributed by atoms with Crippen molar-refractivity contribution in [2.75, 3.05) is 46.5 Å². The van der Waals surface area contributed by atoms with Gasteiger partial charge in [-0.2, -0.15) is 4.31 Å². The molecule has 1 amide bonds. The lowest BCUT2D eigenvalue weighted by molar-refractivity contribution is -0.158. The monoisotopic (exact) mass is 550 g/mol. The van der Waals surface area contributed by atoms with Crippen molar-refractivity contribution >= 4 is 15.9 Å². The minimum absolute atomic E-state index is 0.0491. The van der Waals surface area contributed by atoms with Gasteiger partial charge in [0.15, 0.2) is 5.76 Å². The summed E-state index contributed by atoms with van der Waals surface area (Å²) in [5.41, 5.74) is 0. The lowest BCUT2D eigenvalue weighted by Crippen LogP contribution is -2.41. The molecule has 2 fully saturated rings. The molecule has 2 heterocycles. The Morgan fingerprint density at radius 3 is 2.34 bits per heavy atom. The number of sulfonamides is 1. The quantitative estimate of drug-likeness (QED) is 0.449. The SMILES string of the molecule is COc1ccc(S(=O)(=O)N(CCO)CCO[C@@H]2C[C@H](C3CCC3)C=C(C(=O)N3CCCCCCC3)O2)cc1. The highest BCUT2D eigenvalue weighted by atomic mass is 32.2. The predicted molar refractivity (Wildman–Crippen MR) is 143 cm³/mol. The summed E-state index contributed by atoms with van der Waals surface area (Å²) in [5.74, 6) is 1.62. The Balaban J connectivity index is 1.39. The Labute approximate surface area is 226 Å². The van der Waals surface area contributed by atoms with Crippen LogP contribution in [0.2, 0.25) is 0 Å². The van der Waals surface area contributed by atoms with E-state index in [-0.39, 0.29) is 43.0 Å². The Bertz CT molecular complexity index is 1030. The minimum Gasteiger partial charge on any atom is -0.497 e. The van der Waals surface area contributed by atoms with Crippen LogP contribution in [-0.2, 0) is 24.3 Å². The number of aliphatic hydroxyl groups is 1. The van der Waals surface area contributed by atoms with Gasteiger partial charge in [0.2, 0.25) is 16.3 Å². The van der Waals surface area contributed by atoms with E-state index in [0.717, 1.165) is 51.6 Å². The summed E-state index contributed by atoms with van der Waals surface area (Å²) in [4.78, 5) is 15.4. The molecule has 4 rings (SSSR count). The van der Waals surface area contributed by atoms with Crippen molar-refractivity contribution in [2.45, 2.75) is 69.0 Å². The van der Waals surface area contributed by atoms with Crippen molar-refractivity contribution in [3.05, 3.63) is 36.1 Å². The van der Waals surface area contributed by atoms with Crippen LogP contribution in [-0.4, -0.2) is 81.4 Å². The van der Waals surface area contributed by atoms with Gasteiger partial charge in [0.1, 0.15) is 5.75 Å². The van der Waals surface area contributed by atoms with Gasteiger partial charge < -0.3 is 24.2 Å². The molecule has 10 heteroatoms.